The average molecular weight is 302 g/mol. The maximum absolute atomic E-state index is 13.2. The average Bonchev–Trinajstić information content (AvgIpc) is 2.86. The number of hydrogen-bond donors (Lipinski definition) is 1. The number of aromatic nitrogens is 3. The van der Waals surface area contributed by atoms with E-state index < -0.39 is 23.3 Å². The molecule has 0 saturated heterocycles. The van der Waals surface area contributed by atoms with Crippen LogP contribution in [-0.2, 0) is 12.7 Å². The first kappa shape index (κ1) is 15.1. The molecule has 0 aliphatic carbocycles. The molecule has 0 atom stereocenters. The van der Waals surface area contributed by atoms with E-state index >= 15 is 0 Å². The summed E-state index contributed by atoms with van der Waals surface area (Å²) in [6, 6.07) is 2.02. The lowest BCUT2D eigenvalue weighted by atomic mass is 10.0. The number of carbonyl (C=O) groups excluding carboxylic acids is 1. The number of nitrogens with two attached hydrogens (primary N) is 1. The van der Waals surface area contributed by atoms with Gasteiger partial charge in [-0.1, -0.05) is 5.21 Å². The highest BCUT2D eigenvalue weighted by molar-refractivity contribution is 6.07. The minimum absolute atomic E-state index is 0.136. The van der Waals surface area contributed by atoms with Gasteiger partial charge < -0.3 is 5.73 Å². The van der Waals surface area contributed by atoms with Crippen LogP contribution in [0.2, 0.25) is 0 Å². The maximum Gasteiger partial charge on any atom is 0.419 e. The number of rotatable bonds is 4. The minimum atomic E-state index is -4.88. The van der Waals surface area contributed by atoms with Gasteiger partial charge in [-0.3, -0.25) is 9.48 Å². The van der Waals surface area contributed by atoms with Gasteiger partial charge in [0, 0.05) is 12.1 Å². The van der Waals surface area contributed by atoms with Crippen LogP contribution in [0.1, 0.15) is 21.6 Å². The Kier molecular flexibility index (Phi) is 4.03. The van der Waals surface area contributed by atoms with Gasteiger partial charge >= 0.3 is 6.18 Å². The van der Waals surface area contributed by atoms with Crippen LogP contribution in [0.4, 0.5) is 17.6 Å². The molecule has 0 aliphatic rings. The van der Waals surface area contributed by atoms with Gasteiger partial charge in [-0.05, 0) is 18.2 Å². The molecule has 1 aromatic carbocycles. The summed E-state index contributed by atoms with van der Waals surface area (Å²) >= 11 is 0. The van der Waals surface area contributed by atoms with Crippen LogP contribution < -0.4 is 5.73 Å². The smallest absolute Gasteiger partial charge is 0.329 e. The molecule has 0 saturated carbocycles. The van der Waals surface area contributed by atoms with Gasteiger partial charge in [-0.2, -0.15) is 13.2 Å². The lowest BCUT2D eigenvalue weighted by molar-refractivity contribution is -0.140. The molecule has 0 radical (unpaired) electrons. The summed E-state index contributed by atoms with van der Waals surface area (Å²) in [5.41, 5.74) is 3.35. The molecule has 0 spiro atoms. The Balaban J connectivity index is 2.35. The van der Waals surface area contributed by atoms with E-state index in [1.807, 2.05) is 0 Å². The monoisotopic (exact) mass is 302 g/mol. The minimum Gasteiger partial charge on any atom is -0.329 e. The second-order valence-electron chi connectivity index (χ2n) is 4.18. The van der Waals surface area contributed by atoms with Gasteiger partial charge in [0.2, 0.25) is 5.78 Å². The quantitative estimate of drug-likeness (QED) is 0.688. The normalized spacial score (nSPS) is 11.7. The zero-order valence-electron chi connectivity index (χ0n) is 10.6. The van der Waals surface area contributed by atoms with E-state index in [2.05, 4.69) is 10.3 Å². The van der Waals surface area contributed by atoms with E-state index in [0.717, 1.165) is 6.07 Å². The summed E-state index contributed by atoms with van der Waals surface area (Å²) in [7, 11) is 0. The Morgan fingerprint density at radius 2 is 2.05 bits per heavy atom. The van der Waals surface area contributed by atoms with E-state index in [1.165, 1.54) is 10.9 Å². The fourth-order valence-corrected chi connectivity index (χ4v) is 1.68. The molecular formula is C12H10F4N4O. The molecule has 2 rings (SSSR count). The lowest BCUT2D eigenvalue weighted by Gasteiger charge is -2.08. The summed E-state index contributed by atoms with van der Waals surface area (Å²) < 4.78 is 52.3. The van der Waals surface area contributed by atoms with Crippen molar-refractivity contribution in [1.82, 2.24) is 15.0 Å². The van der Waals surface area contributed by atoms with Gasteiger partial charge in [0.15, 0.2) is 5.69 Å². The topological polar surface area (TPSA) is 73.8 Å². The number of nitrogens with zero attached hydrogens (tertiary/aromatic N) is 3. The van der Waals surface area contributed by atoms with E-state index in [9.17, 15) is 22.4 Å². The highest BCUT2D eigenvalue weighted by atomic mass is 19.4. The number of ketones is 1. The first-order valence-corrected chi connectivity index (χ1v) is 5.84. The molecule has 0 fully saturated rings. The molecule has 1 aromatic heterocycles. The maximum atomic E-state index is 13.2. The zero-order chi connectivity index (χ0) is 15.6. The standard InChI is InChI=1S/C12H10F4N4O/c13-9-2-1-7(5-8(9)12(14,15)16)11(21)10-6-20(4-3-17)19-18-10/h1-2,5-6H,3-4,17H2. The molecule has 0 unspecified atom stereocenters. The fraction of sp³-hybridized carbons (Fsp3) is 0.250. The molecule has 9 heteroatoms. The SMILES string of the molecule is NCCn1cc(C(=O)c2ccc(F)c(C(F)(F)F)c2)nn1. The Bertz CT molecular complexity index is 666. The Hall–Kier alpha value is -2.29. The van der Waals surface area contributed by atoms with Crippen LogP contribution in [-0.4, -0.2) is 27.3 Å². The highest BCUT2D eigenvalue weighted by Gasteiger charge is 2.34. The highest BCUT2D eigenvalue weighted by Crippen LogP contribution is 2.32. The van der Waals surface area contributed by atoms with Crippen molar-refractivity contribution in [2.24, 2.45) is 5.73 Å². The Morgan fingerprint density at radius 1 is 1.33 bits per heavy atom. The predicted octanol–water partition coefficient (Wildman–Crippen LogP) is 1.63. The van der Waals surface area contributed by atoms with Crippen molar-refractivity contribution in [2.45, 2.75) is 12.7 Å². The van der Waals surface area contributed by atoms with Crippen molar-refractivity contribution in [2.75, 3.05) is 6.54 Å². The fourth-order valence-electron chi connectivity index (χ4n) is 1.68. The summed E-state index contributed by atoms with van der Waals surface area (Å²) in [5, 5.41) is 7.17. The van der Waals surface area contributed by atoms with E-state index in [0.29, 0.717) is 18.7 Å². The van der Waals surface area contributed by atoms with Gasteiger partial charge in [0.1, 0.15) is 5.82 Å². The van der Waals surface area contributed by atoms with Crippen molar-refractivity contribution >= 4 is 5.78 Å². The first-order chi connectivity index (χ1) is 9.82. The first-order valence-electron chi connectivity index (χ1n) is 5.84. The van der Waals surface area contributed by atoms with Crippen LogP contribution >= 0.6 is 0 Å². The molecule has 1 heterocycles. The molecule has 0 amide bonds. The van der Waals surface area contributed by atoms with Crippen LogP contribution in [0.3, 0.4) is 0 Å². The molecular weight excluding hydrogens is 292 g/mol. The Labute approximate surface area is 116 Å². The number of hydrogen-bond acceptors (Lipinski definition) is 4. The van der Waals surface area contributed by atoms with Crippen molar-refractivity contribution < 1.29 is 22.4 Å². The lowest BCUT2D eigenvalue weighted by Crippen LogP contribution is -2.11. The van der Waals surface area contributed by atoms with E-state index in [4.69, 9.17) is 5.73 Å². The summed E-state index contributed by atoms with van der Waals surface area (Å²) in [6.45, 7) is 0.587. The molecule has 2 aromatic rings. The second kappa shape index (κ2) is 5.60. The second-order valence-corrected chi connectivity index (χ2v) is 4.18. The molecule has 2 N–H and O–H groups in total. The van der Waals surface area contributed by atoms with Crippen molar-refractivity contribution in [3.63, 3.8) is 0 Å². The van der Waals surface area contributed by atoms with Crippen LogP contribution in [0.5, 0.6) is 0 Å². The van der Waals surface area contributed by atoms with Gasteiger partial charge in [0.25, 0.3) is 0 Å². The largest absolute Gasteiger partial charge is 0.419 e. The summed E-state index contributed by atoms with van der Waals surface area (Å²) in [6.07, 6.45) is -3.61. The van der Waals surface area contributed by atoms with Crippen LogP contribution in [0.25, 0.3) is 0 Å². The zero-order valence-corrected chi connectivity index (χ0v) is 10.6. The van der Waals surface area contributed by atoms with Crippen LogP contribution in [0, 0.1) is 5.82 Å². The molecule has 0 bridgehead atoms. The van der Waals surface area contributed by atoms with Gasteiger partial charge in [-0.15, -0.1) is 5.10 Å². The van der Waals surface area contributed by atoms with E-state index in [1.54, 1.807) is 0 Å². The summed E-state index contributed by atoms with van der Waals surface area (Å²) in [5.74, 6) is -2.21. The van der Waals surface area contributed by atoms with Crippen LogP contribution in [0.15, 0.2) is 24.4 Å². The third kappa shape index (κ3) is 3.24. The van der Waals surface area contributed by atoms with Gasteiger partial charge in [-0.25, -0.2) is 4.39 Å². The predicted molar refractivity (Wildman–Crippen MR) is 63.9 cm³/mol. The molecule has 0 aliphatic heterocycles. The molecule has 21 heavy (non-hydrogen) atoms. The third-order valence-electron chi connectivity index (χ3n) is 2.66. The molecule has 5 nitrogen and oxygen atoms in total. The van der Waals surface area contributed by atoms with Gasteiger partial charge in [0.05, 0.1) is 18.3 Å². The Morgan fingerprint density at radius 3 is 2.67 bits per heavy atom. The van der Waals surface area contributed by atoms with E-state index in [-0.39, 0.29) is 17.8 Å². The number of benzene rings is 1. The van der Waals surface area contributed by atoms with Crippen molar-refractivity contribution in [1.29, 1.82) is 0 Å². The third-order valence-corrected chi connectivity index (χ3v) is 2.66. The van der Waals surface area contributed by atoms with Crippen molar-refractivity contribution in [3.8, 4) is 0 Å². The molecule has 112 valence electrons. The number of halogens is 4. The van der Waals surface area contributed by atoms with Crippen molar-refractivity contribution in [3.05, 3.63) is 47.0 Å². The summed E-state index contributed by atoms with van der Waals surface area (Å²) in [4.78, 5) is 12.0. The number of alkyl halides is 3. The number of carbonyl (C=O) groups is 1.